The Labute approximate surface area is 69.8 Å². The lowest BCUT2D eigenvalue weighted by atomic mass is 10.3. The van der Waals surface area contributed by atoms with E-state index in [0.29, 0.717) is 5.75 Å². The smallest absolute Gasteiger partial charge is 0.534 e. The van der Waals surface area contributed by atoms with E-state index >= 15 is 0 Å². The number of benzene rings is 1. The molecule has 0 aliphatic heterocycles. The first-order valence-electron chi connectivity index (χ1n) is 2.79. The summed E-state index contributed by atoms with van der Waals surface area (Å²) in [5.74, 6) is -0.111. The summed E-state index contributed by atoms with van der Waals surface area (Å²) < 4.78 is 4.95. The van der Waals surface area contributed by atoms with Gasteiger partial charge in [0.1, 0.15) is 5.75 Å². The molecular weight excluding hydrogens is 170 g/mol. The van der Waals surface area contributed by atoms with E-state index in [-0.39, 0.29) is 0 Å². The summed E-state index contributed by atoms with van der Waals surface area (Å²) in [5.41, 5.74) is 0. The zero-order chi connectivity index (χ0) is 7.40. The molecule has 0 radical (unpaired) electrons. The van der Waals surface area contributed by atoms with Gasteiger partial charge in [0.05, 0.1) is 0 Å². The van der Waals surface area contributed by atoms with E-state index in [2.05, 4.69) is 0 Å². The normalized spacial score (nSPS) is 9.00. The van der Waals surface area contributed by atoms with Crippen LogP contribution in [-0.2, 0) is 0 Å². The van der Waals surface area contributed by atoms with E-state index in [1.807, 2.05) is 18.2 Å². The van der Waals surface area contributed by atoms with Crippen molar-refractivity contribution in [2.24, 2.45) is 0 Å². The molecule has 1 nitrogen and oxygen atoms in total. The van der Waals surface area contributed by atoms with Crippen molar-refractivity contribution in [3.05, 3.63) is 30.3 Å². The van der Waals surface area contributed by atoms with Crippen molar-refractivity contribution in [3.8, 4) is 5.75 Å². The number of para-hydroxylation sites is 1. The van der Waals surface area contributed by atoms with Crippen molar-refractivity contribution in [1.82, 2.24) is 0 Å². The molecule has 52 valence electrons. The summed E-state index contributed by atoms with van der Waals surface area (Å²) in [6.07, 6.45) is 0. The molecule has 0 bridgehead atoms. The van der Waals surface area contributed by atoms with Crippen molar-refractivity contribution in [2.75, 3.05) is 0 Å². The fourth-order valence-electron chi connectivity index (χ4n) is 0.602. The summed E-state index contributed by atoms with van der Waals surface area (Å²) in [5, 5.41) is 0. The highest BCUT2D eigenvalue weighted by Gasteiger charge is 2.07. The third-order valence-electron chi connectivity index (χ3n) is 0.968. The molecule has 0 fully saturated rings. The third kappa shape index (κ3) is 2.50. The summed E-state index contributed by atoms with van der Waals surface area (Å²) in [4.78, 5) is 0. The Balaban J connectivity index is 2.59. The predicted molar refractivity (Wildman–Crippen MR) is 44.5 cm³/mol. The van der Waals surface area contributed by atoms with Crippen LogP contribution in [0.3, 0.4) is 0 Å². The fourth-order valence-corrected chi connectivity index (χ4v) is 0.808. The van der Waals surface area contributed by atoms with Gasteiger partial charge in [-0.25, -0.2) is 0 Å². The van der Waals surface area contributed by atoms with E-state index in [0.717, 1.165) is 0 Å². The lowest BCUT2D eigenvalue weighted by Crippen LogP contribution is -2.04. The Morgan fingerprint density at radius 1 is 1.10 bits per heavy atom. The van der Waals surface area contributed by atoms with Gasteiger partial charge in [-0.1, -0.05) is 18.2 Å². The van der Waals surface area contributed by atoms with Gasteiger partial charge in [-0.05, 0) is 12.1 Å². The minimum atomic E-state index is -0.789. The molecule has 0 saturated heterocycles. The van der Waals surface area contributed by atoms with Crippen LogP contribution in [0.1, 0.15) is 0 Å². The Hall–Kier alpha value is -0.335. The molecule has 0 N–H and O–H groups in total. The number of hydrogen-bond donors (Lipinski definition) is 0. The quantitative estimate of drug-likeness (QED) is 0.627. The van der Waals surface area contributed by atoms with Crippen LogP contribution < -0.4 is 4.65 Å². The van der Waals surface area contributed by atoms with Crippen LogP contribution >= 0.6 is 22.9 Å². The van der Waals surface area contributed by atoms with Crippen molar-refractivity contribution >= 4 is 28.7 Å². The number of halogens is 2. The van der Waals surface area contributed by atoms with Crippen LogP contribution in [0.4, 0.5) is 0 Å². The van der Waals surface area contributed by atoms with Gasteiger partial charge < -0.3 is 4.65 Å². The maximum Gasteiger partial charge on any atom is 0.576 e. The van der Waals surface area contributed by atoms with Crippen LogP contribution in [0, 0.1) is 0 Å². The Morgan fingerprint density at radius 3 is 2.20 bits per heavy atom. The number of hydrogen-bond acceptors (Lipinski definition) is 1. The SMILES string of the molecule is ClB(Cl)Oc1ccccc1. The van der Waals surface area contributed by atoms with Crippen molar-refractivity contribution in [1.29, 1.82) is 0 Å². The second kappa shape index (κ2) is 3.74. The molecule has 1 rings (SSSR count). The second-order valence-electron chi connectivity index (χ2n) is 1.69. The minimum absolute atomic E-state index is 0.678. The first kappa shape index (κ1) is 7.77. The first-order chi connectivity index (χ1) is 4.79. The summed E-state index contributed by atoms with van der Waals surface area (Å²) in [6, 6.07) is 9.18. The molecule has 1 aromatic rings. The molecule has 0 aromatic heterocycles. The summed E-state index contributed by atoms with van der Waals surface area (Å²) in [6.45, 7) is 0. The molecule has 1 aromatic carbocycles. The topological polar surface area (TPSA) is 9.23 Å². The monoisotopic (exact) mass is 174 g/mol. The molecule has 0 saturated carbocycles. The van der Waals surface area contributed by atoms with Crippen molar-refractivity contribution < 1.29 is 4.65 Å². The van der Waals surface area contributed by atoms with Crippen molar-refractivity contribution in [3.63, 3.8) is 0 Å². The Kier molecular flexibility index (Phi) is 2.91. The van der Waals surface area contributed by atoms with Gasteiger partial charge in [-0.3, -0.25) is 0 Å². The highest BCUT2D eigenvalue weighted by molar-refractivity contribution is 7.31. The summed E-state index contributed by atoms with van der Waals surface area (Å²) in [7, 11) is 0. The zero-order valence-corrected chi connectivity index (χ0v) is 6.64. The largest absolute Gasteiger partial charge is 0.576 e. The van der Waals surface area contributed by atoms with Gasteiger partial charge in [0, 0.05) is 0 Å². The van der Waals surface area contributed by atoms with E-state index in [9.17, 15) is 0 Å². The summed E-state index contributed by atoms with van der Waals surface area (Å²) >= 11 is 10.7. The molecule has 0 aliphatic rings. The Bertz CT molecular complexity index is 190. The van der Waals surface area contributed by atoms with Gasteiger partial charge in [0.15, 0.2) is 0 Å². The average Bonchev–Trinajstić information content (AvgIpc) is 1.88. The molecule has 0 heterocycles. The maximum absolute atomic E-state index is 5.36. The first-order valence-corrected chi connectivity index (χ1v) is 3.66. The molecule has 0 unspecified atom stereocenters. The van der Waals surface area contributed by atoms with E-state index in [1.165, 1.54) is 0 Å². The predicted octanol–water partition coefficient (Wildman–Crippen LogP) is 2.53. The fraction of sp³-hybridized carbons (Fsp3) is 0. The Morgan fingerprint density at radius 2 is 1.70 bits per heavy atom. The molecule has 0 atom stereocenters. The molecule has 0 spiro atoms. The van der Waals surface area contributed by atoms with Crippen LogP contribution in [0.15, 0.2) is 30.3 Å². The number of rotatable bonds is 2. The standard InChI is InChI=1S/C6H5BCl2O/c8-7(9)10-6-4-2-1-3-5-6/h1-5H. The van der Waals surface area contributed by atoms with E-state index < -0.39 is 5.75 Å². The van der Waals surface area contributed by atoms with E-state index in [1.54, 1.807) is 12.1 Å². The molecule has 4 heteroatoms. The highest BCUT2D eigenvalue weighted by Crippen LogP contribution is 2.11. The highest BCUT2D eigenvalue weighted by atomic mass is 35.5. The van der Waals surface area contributed by atoms with Crippen molar-refractivity contribution in [2.45, 2.75) is 0 Å². The lowest BCUT2D eigenvalue weighted by molar-refractivity contribution is 0.603. The van der Waals surface area contributed by atoms with Gasteiger partial charge in [-0.2, -0.15) is 0 Å². The third-order valence-corrected chi connectivity index (χ3v) is 1.15. The van der Waals surface area contributed by atoms with Crippen LogP contribution in [0.5, 0.6) is 5.75 Å². The zero-order valence-electron chi connectivity index (χ0n) is 5.13. The van der Waals surface area contributed by atoms with Crippen LogP contribution in [0.25, 0.3) is 0 Å². The van der Waals surface area contributed by atoms with Gasteiger partial charge >= 0.3 is 5.75 Å². The average molecular weight is 175 g/mol. The van der Waals surface area contributed by atoms with Gasteiger partial charge in [0.25, 0.3) is 0 Å². The molecule has 0 amide bonds. The van der Waals surface area contributed by atoms with E-state index in [4.69, 9.17) is 27.6 Å². The molecule has 0 aliphatic carbocycles. The van der Waals surface area contributed by atoms with Crippen LogP contribution in [-0.4, -0.2) is 5.75 Å². The molecular formula is C6H5BCl2O. The van der Waals surface area contributed by atoms with Gasteiger partial charge in [-0.15, -0.1) is 22.9 Å². The van der Waals surface area contributed by atoms with Crippen LogP contribution in [0.2, 0.25) is 0 Å². The maximum atomic E-state index is 5.36. The lowest BCUT2D eigenvalue weighted by Gasteiger charge is -2.01. The molecule has 10 heavy (non-hydrogen) atoms. The minimum Gasteiger partial charge on any atom is -0.534 e. The van der Waals surface area contributed by atoms with Gasteiger partial charge in [0.2, 0.25) is 0 Å². The second-order valence-corrected chi connectivity index (χ2v) is 2.71.